The first-order chi connectivity index (χ1) is 37.0. The SMILES string of the molecule is CCC[C@H](NC(=O)[C@@H](NC(=O)[C@H](NC(=O)[C@H](Cc1ccc2ccccc2c1)NC(=O)CNC(=O)CN(C)C(C)=O)C(C)CC)[C@@H](C)O)C(=O)N[C@H](C(=O)N[C@@H](CCCN=C(N)N)C(=O)N1CCC[C@H]1C(=O)NCC)[C@@H](C)CC. The average molecular weight is 1090 g/mol. The zero-order valence-corrected chi connectivity index (χ0v) is 46.7. The Morgan fingerprint density at radius 2 is 1.28 bits per heavy atom. The van der Waals surface area contributed by atoms with Crippen LogP contribution in [0.2, 0.25) is 0 Å². The van der Waals surface area contributed by atoms with Crippen LogP contribution in [0.4, 0.5) is 0 Å². The number of likely N-dealkylation sites (tertiary alicyclic amines) is 1. The highest BCUT2D eigenvalue weighted by atomic mass is 16.3. The van der Waals surface area contributed by atoms with E-state index in [9.17, 15) is 53.1 Å². The number of benzene rings is 2. The number of likely N-dealkylation sites (N-methyl/N-ethyl adjacent to an activating group) is 2. The van der Waals surface area contributed by atoms with Crippen molar-refractivity contribution >= 4 is 75.8 Å². The Labute approximate surface area is 457 Å². The highest BCUT2D eigenvalue weighted by Gasteiger charge is 2.40. The van der Waals surface area contributed by atoms with E-state index < -0.39 is 114 Å². The lowest BCUT2D eigenvalue weighted by Gasteiger charge is -2.32. The van der Waals surface area contributed by atoms with Gasteiger partial charge >= 0.3 is 0 Å². The van der Waals surface area contributed by atoms with Crippen molar-refractivity contribution in [2.24, 2.45) is 28.3 Å². The van der Waals surface area contributed by atoms with Gasteiger partial charge in [-0.15, -0.1) is 0 Å². The molecule has 1 aliphatic heterocycles. The quantitative estimate of drug-likeness (QED) is 0.0254. The molecule has 1 saturated heterocycles. The summed E-state index contributed by atoms with van der Waals surface area (Å²) in [6.07, 6.45) is 1.09. The molecule has 1 aliphatic rings. The van der Waals surface area contributed by atoms with E-state index in [1.807, 2.05) is 43.3 Å². The molecule has 0 saturated carbocycles. The number of nitrogens with zero attached hydrogens (tertiary/aromatic N) is 3. The Kier molecular flexibility index (Phi) is 27.0. The molecule has 10 atom stereocenters. The smallest absolute Gasteiger partial charge is 0.245 e. The number of amides is 10. The van der Waals surface area contributed by atoms with Crippen molar-refractivity contribution in [1.29, 1.82) is 0 Å². The van der Waals surface area contributed by atoms with Gasteiger partial charge in [0.25, 0.3) is 0 Å². The summed E-state index contributed by atoms with van der Waals surface area (Å²) in [6.45, 7) is 13.1. The Bertz CT molecular complexity index is 2430. The fourth-order valence-corrected chi connectivity index (χ4v) is 8.81. The summed E-state index contributed by atoms with van der Waals surface area (Å²) in [5.41, 5.74) is 11.7. The summed E-state index contributed by atoms with van der Waals surface area (Å²) in [4.78, 5) is 142. The fraction of sp³-hybridized carbons (Fsp3) is 0.611. The lowest BCUT2D eigenvalue weighted by Crippen LogP contribution is -2.63. The molecule has 0 radical (unpaired) electrons. The van der Waals surface area contributed by atoms with E-state index in [-0.39, 0.29) is 50.1 Å². The van der Waals surface area contributed by atoms with E-state index in [0.29, 0.717) is 57.2 Å². The van der Waals surface area contributed by atoms with Crippen LogP contribution in [0.5, 0.6) is 0 Å². The van der Waals surface area contributed by atoms with Crippen LogP contribution in [-0.2, 0) is 54.4 Å². The van der Waals surface area contributed by atoms with E-state index in [4.69, 9.17) is 11.5 Å². The molecule has 3 rings (SSSR count). The van der Waals surface area contributed by atoms with Gasteiger partial charge in [0, 0.05) is 40.0 Å². The summed E-state index contributed by atoms with van der Waals surface area (Å²) in [7, 11) is 1.43. The van der Waals surface area contributed by atoms with Crippen LogP contribution >= 0.6 is 0 Å². The van der Waals surface area contributed by atoms with Crippen LogP contribution in [-0.4, -0.2) is 168 Å². The van der Waals surface area contributed by atoms with E-state index in [0.717, 1.165) is 15.7 Å². The molecule has 78 heavy (non-hydrogen) atoms. The highest BCUT2D eigenvalue weighted by molar-refractivity contribution is 5.98. The summed E-state index contributed by atoms with van der Waals surface area (Å²) in [5, 5.41) is 34.2. The van der Waals surface area contributed by atoms with Gasteiger partial charge in [-0.2, -0.15) is 0 Å². The van der Waals surface area contributed by atoms with Gasteiger partial charge in [0.15, 0.2) is 5.96 Å². The number of aliphatic hydroxyl groups excluding tert-OH is 1. The molecule has 0 aliphatic carbocycles. The minimum Gasteiger partial charge on any atom is -0.391 e. The monoisotopic (exact) mass is 1090 g/mol. The van der Waals surface area contributed by atoms with Crippen molar-refractivity contribution in [3.05, 3.63) is 48.0 Å². The van der Waals surface area contributed by atoms with Crippen LogP contribution in [0.3, 0.4) is 0 Å². The molecule has 24 heteroatoms. The topological polar surface area (TPSA) is 358 Å². The number of aliphatic imine (C=N–C) groups is 1. The first kappa shape index (κ1) is 64.9. The largest absolute Gasteiger partial charge is 0.391 e. The zero-order chi connectivity index (χ0) is 58.2. The lowest BCUT2D eigenvalue weighted by atomic mass is 9.96. The first-order valence-electron chi connectivity index (χ1n) is 27.0. The maximum absolute atomic E-state index is 14.3. The minimum atomic E-state index is -1.65. The van der Waals surface area contributed by atoms with Crippen molar-refractivity contribution in [3.8, 4) is 0 Å². The number of carbonyl (C=O) groups is 10. The van der Waals surface area contributed by atoms with E-state index in [1.165, 1.54) is 25.8 Å². The molecule has 2 aromatic carbocycles. The molecule has 1 fully saturated rings. The molecular weight excluding hydrogens is 1010 g/mol. The number of nitrogens with two attached hydrogens (primary N) is 2. The number of fused-ring (bicyclic) bond motifs is 1. The zero-order valence-electron chi connectivity index (χ0n) is 46.7. The molecule has 13 N–H and O–H groups in total. The van der Waals surface area contributed by atoms with E-state index in [1.54, 1.807) is 40.7 Å². The molecule has 0 spiro atoms. The Balaban J connectivity index is 1.85. The number of guanidine groups is 1. The molecule has 1 heterocycles. The number of carbonyl (C=O) groups excluding carboxylic acids is 10. The number of rotatable bonds is 31. The summed E-state index contributed by atoms with van der Waals surface area (Å²) >= 11 is 0. The minimum absolute atomic E-state index is 0.0327. The summed E-state index contributed by atoms with van der Waals surface area (Å²) < 4.78 is 0. The van der Waals surface area contributed by atoms with Gasteiger partial charge in [-0.25, -0.2) is 0 Å². The Morgan fingerprint density at radius 1 is 0.705 bits per heavy atom. The van der Waals surface area contributed by atoms with Crippen molar-refractivity contribution in [3.63, 3.8) is 0 Å². The second kappa shape index (κ2) is 32.4. The van der Waals surface area contributed by atoms with Gasteiger partial charge in [-0.3, -0.25) is 52.9 Å². The lowest BCUT2D eigenvalue weighted by molar-refractivity contribution is -0.142. The molecule has 24 nitrogen and oxygen atoms in total. The van der Waals surface area contributed by atoms with Crippen LogP contribution in [0.1, 0.15) is 112 Å². The van der Waals surface area contributed by atoms with Crippen molar-refractivity contribution in [1.82, 2.24) is 52.3 Å². The number of aliphatic hydroxyl groups is 1. The third kappa shape index (κ3) is 20.2. The molecule has 432 valence electrons. The third-order valence-corrected chi connectivity index (χ3v) is 13.9. The van der Waals surface area contributed by atoms with Crippen molar-refractivity contribution < 1.29 is 53.1 Å². The van der Waals surface area contributed by atoms with Gasteiger partial charge < -0.3 is 68.9 Å². The fourth-order valence-electron chi connectivity index (χ4n) is 8.81. The highest BCUT2D eigenvalue weighted by Crippen LogP contribution is 2.21. The van der Waals surface area contributed by atoms with E-state index in [2.05, 4.69) is 47.5 Å². The second-order valence-electron chi connectivity index (χ2n) is 20.1. The predicted octanol–water partition coefficient (Wildman–Crippen LogP) is -0.661. The standard InChI is InChI=1S/C54H85N13O11/c1-10-18-38(47(72)63-44(31(5)11-2)50(75)62-39(21-16-25-58-54(55)56)53(78)67-26-17-22-41(67)49(74)57-13-4)61-52(77)46(33(7)68)65-51(76)45(32(6)12-3)64-48(73)40(28-35-23-24-36-19-14-15-20-37(36)27-35)60-42(70)29-59-43(71)30-66(9)34(8)69/h14-15,19-20,23-24,27,31-33,38-41,44-46,68H,10-13,16-18,21-22,25-26,28-30H2,1-9H3,(H,57,74)(H,59,71)(H,60,70)(H,61,77)(H,62,75)(H,63,72)(H,64,73)(H,65,76)(H4,55,56,58)/t31-,32?,33+,38-,39-,40-,41-,44-,45+,46-/m0/s1. The van der Waals surface area contributed by atoms with Crippen LogP contribution < -0.4 is 54.0 Å². The number of hydrogen-bond donors (Lipinski definition) is 11. The number of nitrogens with one attached hydrogen (secondary N) is 8. The first-order valence-corrected chi connectivity index (χ1v) is 27.0. The van der Waals surface area contributed by atoms with Crippen LogP contribution in [0.15, 0.2) is 47.5 Å². The van der Waals surface area contributed by atoms with Gasteiger partial charge in [0.1, 0.15) is 42.3 Å². The second-order valence-corrected chi connectivity index (χ2v) is 20.1. The van der Waals surface area contributed by atoms with Crippen LogP contribution in [0, 0.1) is 11.8 Å². The molecular formula is C54H85N13O11. The third-order valence-electron chi connectivity index (χ3n) is 13.9. The van der Waals surface area contributed by atoms with E-state index >= 15 is 0 Å². The van der Waals surface area contributed by atoms with Crippen LogP contribution in [0.25, 0.3) is 10.8 Å². The summed E-state index contributed by atoms with van der Waals surface area (Å²) in [5.74, 6) is -7.66. The summed E-state index contributed by atoms with van der Waals surface area (Å²) in [6, 6.07) is 4.51. The Hall–Kier alpha value is -7.37. The number of hydrogen-bond acceptors (Lipinski definition) is 12. The average Bonchev–Trinajstić information content (AvgIpc) is 3.93. The van der Waals surface area contributed by atoms with Crippen molar-refractivity contribution in [2.75, 3.05) is 39.8 Å². The molecule has 1 unspecified atom stereocenters. The van der Waals surface area contributed by atoms with Crippen molar-refractivity contribution in [2.45, 2.75) is 162 Å². The normalized spacial score (nSPS) is 16.5. The van der Waals surface area contributed by atoms with Gasteiger partial charge in [0.05, 0.1) is 19.2 Å². The van der Waals surface area contributed by atoms with Gasteiger partial charge in [-0.1, -0.05) is 96.3 Å². The Morgan fingerprint density at radius 3 is 1.86 bits per heavy atom. The molecule has 0 aromatic heterocycles. The predicted molar refractivity (Wildman–Crippen MR) is 294 cm³/mol. The molecule has 2 aromatic rings. The molecule has 10 amide bonds. The maximum Gasteiger partial charge on any atom is 0.245 e. The van der Waals surface area contributed by atoms with Gasteiger partial charge in [0.2, 0.25) is 59.1 Å². The molecule has 0 bridgehead atoms. The van der Waals surface area contributed by atoms with Gasteiger partial charge in [-0.05, 0) is 74.1 Å². The maximum atomic E-state index is 14.3.